The Balaban J connectivity index is 1.92. The van der Waals surface area contributed by atoms with Gasteiger partial charge in [0.05, 0.1) is 0 Å². The summed E-state index contributed by atoms with van der Waals surface area (Å²) in [5, 5.41) is 3.55. The monoisotopic (exact) mass is 289 g/mol. The Morgan fingerprint density at radius 3 is 2.19 bits per heavy atom. The summed E-state index contributed by atoms with van der Waals surface area (Å²) >= 11 is 0. The summed E-state index contributed by atoms with van der Waals surface area (Å²) in [6, 6.07) is 0. The SMILES string of the molecule is Cc1nc(CC2CC2)nc(C)c1CC(C)CNCC(C)C. The summed E-state index contributed by atoms with van der Waals surface area (Å²) in [7, 11) is 0. The van der Waals surface area contributed by atoms with Gasteiger partial charge in [-0.25, -0.2) is 9.97 Å². The molecule has 0 bridgehead atoms. The van der Waals surface area contributed by atoms with E-state index in [2.05, 4.69) is 39.9 Å². The van der Waals surface area contributed by atoms with Gasteiger partial charge >= 0.3 is 0 Å². The molecule has 1 unspecified atom stereocenters. The van der Waals surface area contributed by atoms with Crippen molar-refractivity contribution in [2.75, 3.05) is 13.1 Å². The van der Waals surface area contributed by atoms with E-state index in [1.165, 1.54) is 29.8 Å². The number of hydrogen-bond acceptors (Lipinski definition) is 3. The van der Waals surface area contributed by atoms with Gasteiger partial charge in [0.2, 0.25) is 0 Å². The van der Waals surface area contributed by atoms with Crippen LogP contribution in [0.15, 0.2) is 0 Å². The fraction of sp³-hybridized carbons (Fsp3) is 0.778. The minimum absolute atomic E-state index is 0.624. The highest BCUT2D eigenvalue weighted by Crippen LogP contribution is 2.32. The van der Waals surface area contributed by atoms with Crippen LogP contribution in [-0.4, -0.2) is 23.1 Å². The Labute approximate surface area is 130 Å². The molecule has 21 heavy (non-hydrogen) atoms. The number of nitrogens with zero attached hydrogens (tertiary/aromatic N) is 2. The minimum atomic E-state index is 0.624. The highest BCUT2D eigenvalue weighted by atomic mass is 14.9. The van der Waals surface area contributed by atoms with Crippen molar-refractivity contribution in [3.05, 3.63) is 22.8 Å². The Bertz CT molecular complexity index is 441. The second-order valence-electron chi connectivity index (χ2n) is 7.30. The van der Waals surface area contributed by atoms with E-state index in [-0.39, 0.29) is 0 Å². The summed E-state index contributed by atoms with van der Waals surface area (Å²) < 4.78 is 0. The first-order valence-corrected chi connectivity index (χ1v) is 8.49. The molecule has 1 N–H and O–H groups in total. The van der Waals surface area contributed by atoms with E-state index in [9.17, 15) is 0 Å². The minimum Gasteiger partial charge on any atom is -0.316 e. The lowest BCUT2D eigenvalue weighted by Gasteiger charge is -2.17. The van der Waals surface area contributed by atoms with Crippen molar-refractivity contribution in [1.82, 2.24) is 15.3 Å². The summed E-state index contributed by atoms with van der Waals surface area (Å²) in [5.74, 6) is 3.25. The molecule has 1 aromatic rings. The average Bonchev–Trinajstić information content (AvgIpc) is 3.17. The number of aryl methyl sites for hydroxylation is 2. The van der Waals surface area contributed by atoms with Crippen molar-refractivity contribution in [1.29, 1.82) is 0 Å². The molecule has 0 spiro atoms. The van der Waals surface area contributed by atoms with Gasteiger partial charge in [0.15, 0.2) is 0 Å². The highest BCUT2D eigenvalue weighted by molar-refractivity contribution is 5.25. The van der Waals surface area contributed by atoms with Gasteiger partial charge in [-0.1, -0.05) is 20.8 Å². The number of hydrogen-bond donors (Lipinski definition) is 1. The van der Waals surface area contributed by atoms with Gasteiger partial charge < -0.3 is 5.32 Å². The molecule has 0 radical (unpaired) electrons. The Kier molecular flexibility index (Phi) is 5.74. The molecule has 0 aromatic carbocycles. The predicted molar refractivity (Wildman–Crippen MR) is 88.5 cm³/mol. The third-order valence-electron chi connectivity index (χ3n) is 4.23. The maximum atomic E-state index is 4.74. The van der Waals surface area contributed by atoms with Crippen LogP contribution in [0, 0.1) is 31.6 Å². The van der Waals surface area contributed by atoms with Crippen molar-refractivity contribution in [3.8, 4) is 0 Å². The first-order chi connectivity index (χ1) is 9.95. The van der Waals surface area contributed by atoms with E-state index < -0.39 is 0 Å². The van der Waals surface area contributed by atoms with Crippen LogP contribution in [0.3, 0.4) is 0 Å². The van der Waals surface area contributed by atoms with Crippen LogP contribution in [0.1, 0.15) is 56.4 Å². The van der Waals surface area contributed by atoms with Gasteiger partial charge in [-0.2, -0.15) is 0 Å². The fourth-order valence-corrected chi connectivity index (χ4v) is 2.81. The van der Waals surface area contributed by atoms with E-state index in [4.69, 9.17) is 9.97 Å². The van der Waals surface area contributed by atoms with Crippen LogP contribution >= 0.6 is 0 Å². The summed E-state index contributed by atoms with van der Waals surface area (Å²) in [6.07, 6.45) is 4.88. The molecule has 1 aliphatic carbocycles. The lowest BCUT2D eigenvalue weighted by Crippen LogP contribution is -2.26. The Hall–Kier alpha value is -0.960. The lowest BCUT2D eigenvalue weighted by molar-refractivity contribution is 0.471. The van der Waals surface area contributed by atoms with E-state index in [1.54, 1.807) is 0 Å². The zero-order valence-electron chi connectivity index (χ0n) is 14.4. The molecule has 1 aliphatic rings. The van der Waals surface area contributed by atoms with E-state index in [0.717, 1.165) is 37.7 Å². The van der Waals surface area contributed by atoms with Crippen molar-refractivity contribution >= 4 is 0 Å². The zero-order chi connectivity index (χ0) is 15.4. The van der Waals surface area contributed by atoms with Gasteiger partial charge in [-0.3, -0.25) is 0 Å². The van der Waals surface area contributed by atoms with Crippen LogP contribution < -0.4 is 5.32 Å². The van der Waals surface area contributed by atoms with Crippen LogP contribution in [-0.2, 0) is 12.8 Å². The molecule has 2 rings (SSSR count). The molecule has 3 heteroatoms. The molecule has 1 fully saturated rings. The van der Waals surface area contributed by atoms with Gasteiger partial charge in [-0.05, 0) is 69.5 Å². The topological polar surface area (TPSA) is 37.8 Å². The molecule has 0 amide bonds. The third-order valence-corrected chi connectivity index (χ3v) is 4.23. The molecule has 1 heterocycles. The third kappa shape index (κ3) is 5.39. The standard InChI is InChI=1S/C18H31N3/c1-12(2)10-19-11-13(3)8-17-14(4)20-18(21-15(17)5)9-16-6-7-16/h12-13,16,19H,6-11H2,1-5H3. The van der Waals surface area contributed by atoms with Gasteiger partial charge in [0, 0.05) is 17.8 Å². The second kappa shape index (κ2) is 7.35. The predicted octanol–water partition coefficient (Wildman–Crippen LogP) is 3.47. The normalized spacial score (nSPS) is 16.5. The molecule has 1 saturated carbocycles. The number of aromatic nitrogens is 2. The molecule has 1 aromatic heterocycles. The smallest absolute Gasteiger partial charge is 0.129 e. The molecule has 118 valence electrons. The Morgan fingerprint density at radius 2 is 1.67 bits per heavy atom. The first-order valence-electron chi connectivity index (χ1n) is 8.49. The largest absolute Gasteiger partial charge is 0.316 e. The van der Waals surface area contributed by atoms with Crippen LogP contribution in [0.2, 0.25) is 0 Å². The zero-order valence-corrected chi connectivity index (χ0v) is 14.4. The lowest BCUT2D eigenvalue weighted by atomic mass is 9.98. The molecular weight excluding hydrogens is 258 g/mol. The summed E-state index contributed by atoms with van der Waals surface area (Å²) in [6.45, 7) is 13.3. The summed E-state index contributed by atoms with van der Waals surface area (Å²) in [5.41, 5.74) is 3.73. The van der Waals surface area contributed by atoms with E-state index >= 15 is 0 Å². The van der Waals surface area contributed by atoms with Crippen molar-refractivity contribution in [2.45, 2.75) is 60.3 Å². The Morgan fingerprint density at radius 1 is 1.05 bits per heavy atom. The molecular formula is C18H31N3. The first kappa shape index (κ1) is 16.4. The van der Waals surface area contributed by atoms with Crippen LogP contribution in [0.25, 0.3) is 0 Å². The van der Waals surface area contributed by atoms with Crippen LogP contribution in [0.4, 0.5) is 0 Å². The fourth-order valence-electron chi connectivity index (χ4n) is 2.81. The van der Waals surface area contributed by atoms with Gasteiger partial charge in [-0.15, -0.1) is 0 Å². The van der Waals surface area contributed by atoms with Gasteiger partial charge in [0.1, 0.15) is 5.82 Å². The molecule has 0 aliphatic heterocycles. The van der Waals surface area contributed by atoms with Crippen LogP contribution in [0.5, 0.6) is 0 Å². The number of rotatable bonds is 8. The second-order valence-corrected chi connectivity index (χ2v) is 7.30. The quantitative estimate of drug-likeness (QED) is 0.796. The average molecular weight is 289 g/mol. The maximum absolute atomic E-state index is 4.74. The van der Waals surface area contributed by atoms with E-state index in [0.29, 0.717) is 11.8 Å². The van der Waals surface area contributed by atoms with Gasteiger partial charge in [0.25, 0.3) is 0 Å². The summed E-state index contributed by atoms with van der Waals surface area (Å²) in [4.78, 5) is 9.49. The van der Waals surface area contributed by atoms with Crippen molar-refractivity contribution in [2.24, 2.45) is 17.8 Å². The van der Waals surface area contributed by atoms with E-state index in [1.807, 2.05) is 0 Å². The molecule has 3 nitrogen and oxygen atoms in total. The molecule has 0 saturated heterocycles. The maximum Gasteiger partial charge on any atom is 0.129 e. The number of nitrogens with one attached hydrogen (secondary N) is 1. The van der Waals surface area contributed by atoms with Crippen molar-refractivity contribution < 1.29 is 0 Å². The molecule has 1 atom stereocenters. The van der Waals surface area contributed by atoms with Crippen molar-refractivity contribution in [3.63, 3.8) is 0 Å². The highest BCUT2D eigenvalue weighted by Gasteiger charge is 2.23.